The lowest BCUT2D eigenvalue weighted by Gasteiger charge is -2.18. The SMILES string of the molecule is Cc1cc(N/C(=N\C(=O)c2ccc(F)cc2)NCC2COC(C)(C)O2)[nH]n1. The normalized spacial score (nSPS) is 19.1. The Kier molecular flexibility index (Phi) is 5.52. The lowest BCUT2D eigenvalue weighted by molar-refractivity contribution is -0.137. The number of hydrogen-bond acceptors (Lipinski definition) is 4. The number of amides is 1. The van der Waals surface area contributed by atoms with Gasteiger partial charge in [0.05, 0.1) is 12.3 Å². The molecule has 8 nitrogen and oxygen atoms in total. The van der Waals surface area contributed by atoms with Crippen LogP contribution in [0.3, 0.4) is 0 Å². The Morgan fingerprint density at radius 3 is 2.74 bits per heavy atom. The van der Waals surface area contributed by atoms with Gasteiger partial charge in [-0.1, -0.05) is 0 Å². The lowest BCUT2D eigenvalue weighted by atomic mass is 10.2. The number of aryl methyl sites for hydroxylation is 1. The molecule has 9 heteroatoms. The molecule has 0 bridgehead atoms. The van der Waals surface area contributed by atoms with E-state index in [1.807, 2.05) is 20.8 Å². The van der Waals surface area contributed by atoms with E-state index < -0.39 is 17.5 Å². The quantitative estimate of drug-likeness (QED) is 0.560. The zero-order valence-corrected chi connectivity index (χ0v) is 15.4. The highest BCUT2D eigenvalue weighted by Crippen LogP contribution is 2.21. The van der Waals surface area contributed by atoms with Crippen molar-refractivity contribution in [3.63, 3.8) is 0 Å². The highest BCUT2D eigenvalue weighted by atomic mass is 19.1. The number of halogens is 1. The number of carbonyl (C=O) groups is 1. The van der Waals surface area contributed by atoms with Gasteiger partial charge in [-0.05, 0) is 45.0 Å². The van der Waals surface area contributed by atoms with Crippen LogP contribution in [0.1, 0.15) is 29.9 Å². The first kappa shape index (κ1) is 19.0. The van der Waals surface area contributed by atoms with Crippen molar-refractivity contribution in [2.45, 2.75) is 32.7 Å². The zero-order chi connectivity index (χ0) is 19.4. The van der Waals surface area contributed by atoms with Crippen LogP contribution in [-0.2, 0) is 9.47 Å². The van der Waals surface area contributed by atoms with Crippen molar-refractivity contribution in [2.75, 3.05) is 18.5 Å². The fourth-order valence-electron chi connectivity index (χ4n) is 2.56. The second kappa shape index (κ2) is 7.85. The summed E-state index contributed by atoms with van der Waals surface area (Å²) in [6, 6.07) is 6.98. The fourth-order valence-corrected chi connectivity index (χ4v) is 2.56. The number of aromatic nitrogens is 2. The van der Waals surface area contributed by atoms with Crippen molar-refractivity contribution in [3.8, 4) is 0 Å². The van der Waals surface area contributed by atoms with E-state index in [4.69, 9.17) is 9.47 Å². The van der Waals surface area contributed by atoms with Gasteiger partial charge in [-0.15, -0.1) is 0 Å². The van der Waals surface area contributed by atoms with Crippen molar-refractivity contribution in [2.24, 2.45) is 4.99 Å². The number of nitrogens with zero attached hydrogens (tertiary/aromatic N) is 2. The van der Waals surface area contributed by atoms with Crippen molar-refractivity contribution in [3.05, 3.63) is 47.4 Å². The molecule has 1 atom stereocenters. The van der Waals surface area contributed by atoms with Gasteiger partial charge in [-0.2, -0.15) is 10.1 Å². The summed E-state index contributed by atoms with van der Waals surface area (Å²) in [7, 11) is 0. The number of aromatic amines is 1. The van der Waals surface area contributed by atoms with Crippen LogP contribution >= 0.6 is 0 Å². The highest BCUT2D eigenvalue weighted by molar-refractivity contribution is 6.06. The van der Waals surface area contributed by atoms with Gasteiger partial charge in [0.2, 0.25) is 5.96 Å². The first-order chi connectivity index (χ1) is 12.8. The number of carbonyl (C=O) groups excluding carboxylic acids is 1. The number of hydrogen-bond donors (Lipinski definition) is 3. The number of nitrogens with one attached hydrogen (secondary N) is 3. The van der Waals surface area contributed by atoms with E-state index in [9.17, 15) is 9.18 Å². The molecular formula is C18H22FN5O3. The largest absolute Gasteiger partial charge is 0.353 e. The number of H-pyrrole nitrogens is 1. The summed E-state index contributed by atoms with van der Waals surface area (Å²) in [4.78, 5) is 16.5. The molecule has 0 spiro atoms. The molecule has 1 amide bonds. The Labute approximate surface area is 156 Å². The van der Waals surface area contributed by atoms with Crippen LogP contribution < -0.4 is 10.6 Å². The van der Waals surface area contributed by atoms with Gasteiger partial charge in [0.15, 0.2) is 5.79 Å². The highest BCUT2D eigenvalue weighted by Gasteiger charge is 2.32. The van der Waals surface area contributed by atoms with Gasteiger partial charge in [0, 0.05) is 18.2 Å². The van der Waals surface area contributed by atoms with E-state index in [0.29, 0.717) is 19.0 Å². The summed E-state index contributed by atoms with van der Waals surface area (Å²) in [5.74, 6) is -0.761. The molecule has 3 rings (SSSR count). The summed E-state index contributed by atoms with van der Waals surface area (Å²) < 4.78 is 24.3. The number of guanidine groups is 1. The second-order valence-electron chi connectivity index (χ2n) is 6.65. The fraction of sp³-hybridized carbons (Fsp3) is 0.389. The molecule has 27 heavy (non-hydrogen) atoms. The molecule has 1 aromatic carbocycles. The Morgan fingerprint density at radius 2 is 2.15 bits per heavy atom. The average molecular weight is 375 g/mol. The van der Waals surface area contributed by atoms with Crippen molar-refractivity contribution in [1.29, 1.82) is 0 Å². The van der Waals surface area contributed by atoms with Crippen LogP contribution in [0.2, 0.25) is 0 Å². The van der Waals surface area contributed by atoms with Crippen LogP contribution in [0.4, 0.5) is 10.2 Å². The van der Waals surface area contributed by atoms with Gasteiger partial charge in [0.25, 0.3) is 5.91 Å². The number of anilines is 1. The topological polar surface area (TPSA) is 101 Å². The summed E-state index contributed by atoms with van der Waals surface area (Å²) in [6.07, 6.45) is -0.184. The molecule has 2 aromatic rings. The molecule has 1 unspecified atom stereocenters. The van der Waals surface area contributed by atoms with E-state index in [-0.39, 0.29) is 17.6 Å². The zero-order valence-electron chi connectivity index (χ0n) is 15.4. The first-order valence-electron chi connectivity index (χ1n) is 8.54. The number of ether oxygens (including phenoxy) is 2. The molecule has 0 aliphatic carbocycles. The minimum Gasteiger partial charge on any atom is -0.353 e. The maximum atomic E-state index is 13.0. The van der Waals surface area contributed by atoms with Crippen LogP contribution in [0.25, 0.3) is 0 Å². The van der Waals surface area contributed by atoms with Crippen LogP contribution in [0.5, 0.6) is 0 Å². The third-order valence-electron chi connectivity index (χ3n) is 3.83. The minimum atomic E-state index is -0.637. The predicted octanol–water partition coefficient (Wildman–Crippen LogP) is 2.21. The van der Waals surface area contributed by atoms with E-state index >= 15 is 0 Å². The van der Waals surface area contributed by atoms with E-state index in [1.165, 1.54) is 24.3 Å². The van der Waals surface area contributed by atoms with Crippen molar-refractivity contribution >= 4 is 17.7 Å². The average Bonchev–Trinajstić information content (AvgIpc) is 3.18. The van der Waals surface area contributed by atoms with Gasteiger partial charge < -0.3 is 20.1 Å². The summed E-state index contributed by atoms with van der Waals surface area (Å²) >= 11 is 0. The molecule has 1 aliphatic rings. The molecule has 2 heterocycles. The molecule has 1 fully saturated rings. The summed E-state index contributed by atoms with van der Waals surface area (Å²) in [5, 5.41) is 12.9. The van der Waals surface area contributed by atoms with Crippen molar-refractivity contribution < 1.29 is 18.7 Å². The van der Waals surface area contributed by atoms with Crippen LogP contribution in [0, 0.1) is 12.7 Å². The lowest BCUT2D eigenvalue weighted by Crippen LogP contribution is -2.38. The Hall–Kier alpha value is -2.78. The summed E-state index contributed by atoms with van der Waals surface area (Å²) in [5.41, 5.74) is 1.07. The number of rotatable bonds is 4. The maximum Gasteiger partial charge on any atom is 0.280 e. The molecule has 1 aromatic heterocycles. The number of benzene rings is 1. The molecule has 144 valence electrons. The van der Waals surface area contributed by atoms with Gasteiger partial charge in [-0.25, -0.2) is 4.39 Å². The summed E-state index contributed by atoms with van der Waals surface area (Å²) in [6.45, 7) is 6.33. The Morgan fingerprint density at radius 1 is 1.41 bits per heavy atom. The third-order valence-corrected chi connectivity index (χ3v) is 3.83. The molecule has 0 saturated carbocycles. The molecule has 1 aliphatic heterocycles. The van der Waals surface area contributed by atoms with Gasteiger partial charge >= 0.3 is 0 Å². The molecular weight excluding hydrogens is 353 g/mol. The van der Waals surface area contributed by atoms with Crippen molar-refractivity contribution in [1.82, 2.24) is 15.5 Å². The second-order valence-corrected chi connectivity index (χ2v) is 6.65. The Balaban J connectivity index is 1.72. The molecule has 1 saturated heterocycles. The van der Waals surface area contributed by atoms with Gasteiger partial charge in [0.1, 0.15) is 17.7 Å². The standard InChI is InChI=1S/C18H22FN5O3/c1-11-8-15(24-23-11)21-17(20-9-14-10-26-18(2,3)27-14)22-16(25)12-4-6-13(19)7-5-12/h4-8,14H,9-10H2,1-3H3,(H3,20,21,22,23,24,25). The smallest absolute Gasteiger partial charge is 0.280 e. The van der Waals surface area contributed by atoms with E-state index in [2.05, 4.69) is 25.8 Å². The molecule has 0 radical (unpaired) electrons. The minimum absolute atomic E-state index is 0.184. The molecule has 3 N–H and O–H groups in total. The third kappa shape index (κ3) is 5.35. The van der Waals surface area contributed by atoms with E-state index in [1.54, 1.807) is 6.07 Å². The van der Waals surface area contributed by atoms with Crippen LogP contribution in [0.15, 0.2) is 35.3 Å². The number of aliphatic imine (C=N–C) groups is 1. The Bertz CT molecular complexity index is 832. The maximum absolute atomic E-state index is 13.0. The van der Waals surface area contributed by atoms with E-state index in [0.717, 1.165) is 5.69 Å². The first-order valence-corrected chi connectivity index (χ1v) is 8.54. The monoisotopic (exact) mass is 375 g/mol. The van der Waals surface area contributed by atoms with Gasteiger partial charge in [-0.3, -0.25) is 9.89 Å². The predicted molar refractivity (Wildman–Crippen MR) is 98.0 cm³/mol. The van der Waals surface area contributed by atoms with Crippen LogP contribution in [-0.4, -0.2) is 47.1 Å².